The molecular weight excluding hydrogens is 333 g/mol. The molecule has 1 aliphatic rings. The highest BCUT2D eigenvalue weighted by molar-refractivity contribution is 7.21. The van der Waals surface area contributed by atoms with Crippen LogP contribution in [0.5, 0.6) is 0 Å². The van der Waals surface area contributed by atoms with Crippen LogP contribution in [0.3, 0.4) is 0 Å². The normalized spacial score (nSPS) is 18.1. The fourth-order valence-corrected chi connectivity index (χ4v) is 4.32. The van der Waals surface area contributed by atoms with Gasteiger partial charge in [-0.15, -0.1) is 11.3 Å². The van der Waals surface area contributed by atoms with Gasteiger partial charge in [0, 0.05) is 35.8 Å². The molecule has 3 rings (SSSR count). The molecule has 0 radical (unpaired) electrons. The molecule has 2 heterocycles. The van der Waals surface area contributed by atoms with Crippen molar-refractivity contribution in [2.45, 2.75) is 19.4 Å². The van der Waals surface area contributed by atoms with E-state index in [0.717, 1.165) is 0 Å². The van der Waals surface area contributed by atoms with Gasteiger partial charge in [0.05, 0.1) is 17.4 Å². The number of carboxylic acids is 1. The molecule has 0 saturated carbocycles. The molecule has 2 aromatic rings. The van der Waals surface area contributed by atoms with E-state index in [2.05, 4.69) is 0 Å². The number of nitrogens with zero attached hydrogens (tertiary/aromatic N) is 1. The maximum absolute atomic E-state index is 14.2. The lowest BCUT2D eigenvalue weighted by atomic mass is 9.98. The van der Waals surface area contributed by atoms with Gasteiger partial charge in [0.15, 0.2) is 0 Å². The third-order valence-electron chi connectivity index (χ3n) is 4.30. The summed E-state index contributed by atoms with van der Waals surface area (Å²) in [4.78, 5) is 26.1. The van der Waals surface area contributed by atoms with E-state index < -0.39 is 11.9 Å². The fourth-order valence-electron chi connectivity index (χ4n) is 3.13. The number of fused-ring (bicyclic) bond motifs is 1. The minimum Gasteiger partial charge on any atom is -0.481 e. The number of likely N-dealkylation sites (tertiary alicyclic amines) is 1. The van der Waals surface area contributed by atoms with Crippen molar-refractivity contribution < 1.29 is 23.8 Å². The smallest absolute Gasteiger partial charge is 0.308 e. The maximum Gasteiger partial charge on any atom is 0.308 e. The van der Waals surface area contributed by atoms with Crippen LogP contribution in [-0.2, 0) is 16.1 Å². The van der Waals surface area contributed by atoms with Crippen LogP contribution in [0.2, 0.25) is 0 Å². The van der Waals surface area contributed by atoms with Crippen LogP contribution in [0.15, 0.2) is 18.2 Å². The lowest BCUT2D eigenvalue weighted by Gasteiger charge is -2.30. The number of benzene rings is 1. The molecule has 1 amide bonds. The van der Waals surface area contributed by atoms with Crippen LogP contribution in [-0.4, -0.2) is 42.1 Å². The Morgan fingerprint density at radius 3 is 2.96 bits per heavy atom. The molecule has 0 bridgehead atoms. The maximum atomic E-state index is 14.2. The zero-order chi connectivity index (χ0) is 17.3. The topological polar surface area (TPSA) is 66.8 Å². The van der Waals surface area contributed by atoms with E-state index in [1.54, 1.807) is 17.0 Å². The number of aliphatic carboxylic acids is 1. The monoisotopic (exact) mass is 351 g/mol. The number of rotatable bonds is 4. The first-order chi connectivity index (χ1) is 11.5. The van der Waals surface area contributed by atoms with Crippen LogP contribution in [0, 0.1) is 11.7 Å². The van der Waals surface area contributed by atoms with Crippen LogP contribution in [0.25, 0.3) is 10.1 Å². The van der Waals surface area contributed by atoms with Gasteiger partial charge in [-0.1, -0.05) is 6.07 Å². The molecule has 1 atom stereocenters. The first kappa shape index (κ1) is 16.9. The molecule has 5 nitrogen and oxygen atoms in total. The van der Waals surface area contributed by atoms with Gasteiger partial charge in [0.25, 0.3) is 5.91 Å². The Labute approximate surface area is 142 Å². The van der Waals surface area contributed by atoms with E-state index in [9.17, 15) is 19.1 Å². The van der Waals surface area contributed by atoms with Gasteiger partial charge >= 0.3 is 5.97 Å². The van der Waals surface area contributed by atoms with Gasteiger partial charge in [-0.25, -0.2) is 4.39 Å². The molecule has 1 saturated heterocycles. The summed E-state index contributed by atoms with van der Waals surface area (Å²) in [5.74, 6) is -2.04. The Morgan fingerprint density at radius 2 is 2.25 bits per heavy atom. The molecule has 1 aromatic carbocycles. The summed E-state index contributed by atoms with van der Waals surface area (Å²) in [7, 11) is 1.50. The second kappa shape index (κ2) is 6.86. The molecule has 0 aliphatic carbocycles. The summed E-state index contributed by atoms with van der Waals surface area (Å²) in [5, 5.41) is 9.61. The van der Waals surface area contributed by atoms with Crippen LogP contribution >= 0.6 is 11.3 Å². The molecule has 7 heteroatoms. The summed E-state index contributed by atoms with van der Waals surface area (Å²) in [6, 6.07) is 4.75. The highest BCUT2D eigenvalue weighted by atomic mass is 32.1. The summed E-state index contributed by atoms with van der Waals surface area (Å²) in [6.07, 6.45) is 1.23. The SMILES string of the molecule is COCc1c(C(=O)N2CCCC(C(=O)O)C2)sc2cccc(F)c12. The molecule has 0 spiro atoms. The van der Waals surface area contributed by atoms with E-state index in [-0.39, 0.29) is 24.9 Å². The lowest BCUT2D eigenvalue weighted by molar-refractivity contribution is -0.143. The predicted octanol–water partition coefficient (Wildman–Crippen LogP) is 3.12. The van der Waals surface area contributed by atoms with Crippen molar-refractivity contribution in [3.05, 3.63) is 34.5 Å². The minimum atomic E-state index is -0.882. The third-order valence-corrected chi connectivity index (χ3v) is 5.49. The van der Waals surface area contributed by atoms with Crippen LogP contribution < -0.4 is 0 Å². The van der Waals surface area contributed by atoms with Gasteiger partial charge in [-0.2, -0.15) is 0 Å². The van der Waals surface area contributed by atoms with Crippen molar-refractivity contribution in [2.24, 2.45) is 5.92 Å². The van der Waals surface area contributed by atoms with E-state index >= 15 is 0 Å². The Kier molecular flexibility index (Phi) is 4.82. The summed E-state index contributed by atoms with van der Waals surface area (Å²) < 4.78 is 20.1. The molecular formula is C17H18FNO4S. The largest absolute Gasteiger partial charge is 0.481 e. The molecule has 1 aliphatic heterocycles. The van der Waals surface area contributed by atoms with Crippen LogP contribution in [0.4, 0.5) is 4.39 Å². The number of carbonyl (C=O) groups is 2. The second-order valence-corrected chi connectivity index (χ2v) is 6.94. The second-order valence-electron chi connectivity index (χ2n) is 5.88. The number of piperidine rings is 1. The summed E-state index contributed by atoms with van der Waals surface area (Å²) >= 11 is 1.23. The number of ether oxygens (including phenoxy) is 1. The van der Waals surface area contributed by atoms with Gasteiger partial charge in [0.2, 0.25) is 0 Å². The van der Waals surface area contributed by atoms with Gasteiger partial charge in [0.1, 0.15) is 5.82 Å². The molecule has 1 unspecified atom stereocenters. The standard InChI is InChI=1S/C17H18FNO4S/c1-23-9-11-14-12(18)5-2-6-13(14)24-15(11)16(20)19-7-3-4-10(8-19)17(21)22/h2,5-6,10H,3-4,7-9H2,1H3,(H,21,22). The quantitative estimate of drug-likeness (QED) is 0.919. The highest BCUT2D eigenvalue weighted by Gasteiger charge is 2.31. The lowest BCUT2D eigenvalue weighted by Crippen LogP contribution is -2.42. The highest BCUT2D eigenvalue weighted by Crippen LogP contribution is 2.35. The Balaban J connectivity index is 1.99. The van der Waals surface area contributed by atoms with E-state index in [1.165, 1.54) is 24.5 Å². The molecule has 128 valence electrons. The molecule has 1 N–H and O–H groups in total. The van der Waals surface area contributed by atoms with Crippen molar-refractivity contribution in [3.63, 3.8) is 0 Å². The van der Waals surface area contributed by atoms with Crippen molar-refractivity contribution >= 4 is 33.3 Å². The molecule has 1 fully saturated rings. The van der Waals surface area contributed by atoms with Crippen molar-refractivity contribution in [2.75, 3.05) is 20.2 Å². The first-order valence-electron chi connectivity index (χ1n) is 7.73. The van der Waals surface area contributed by atoms with Crippen LogP contribution in [0.1, 0.15) is 28.1 Å². The average Bonchev–Trinajstić information content (AvgIpc) is 2.94. The average molecular weight is 351 g/mol. The third kappa shape index (κ3) is 3.01. The first-order valence-corrected chi connectivity index (χ1v) is 8.55. The summed E-state index contributed by atoms with van der Waals surface area (Å²) in [6.45, 7) is 0.848. The van der Waals surface area contributed by atoms with Gasteiger partial charge in [-0.05, 0) is 25.0 Å². The number of hydrogen-bond donors (Lipinski definition) is 1. The van der Waals surface area contributed by atoms with E-state index in [0.29, 0.717) is 39.9 Å². The number of carboxylic acid groups (broad SMARTS) is 1. The van der Waals surface area contributed by atoms with Crippen molar-refractivity contribution in [1.29, 1.82) is 0 Å². The zero-order valence-electron chi connectivity index (χ0n) is 13.3. The van der Waals surface area contributed by atoms with E-state index in [4.69, 9.17) is 4.74 Å². The molecule has 24 heavy (non-hydrogen) atoms. The summed E-state index contributed by atoms with van der Waals surface area (Å²) in [5.41, 5.74) is 0.540. The fraction of sp³-hybridized carbons (Fsp3) is 0.412. The number of methoxy groups -OCH3 is 1. The van der Waals surface area contributed by atoms with E-state index in [1.807, 2.05) is 0 Å². The number of hydrogen-bond acceptors (Lipinski definition) is 4. The van der Waals surface area contributed by atoms with Crippen molar-refractivity contribution in [1.82, 2.24) is 4.90 Å². The van der Waals surface area contributed by atoms with Gasteiger partial charge in [-0.3, -0.25) is 9.59 Å². The Hall–Kier alpha value is -1.99. The van der Waals surface area contributed by atoms with Crippen molar-refractivity contribution in [3.8, 4) is 0 Å². The molecule has 1 aromatic heterocycles. The number of halogens is 1. The number of carbonyl (C=O) groups excluding carboxylic acids is 1. The Morgan fingerprint density at radius 1 is 1.46 bits per heavy atom. The number of amides is 1. The number of thiophene rings is 1. The zero-order valence-corrected chi connectivity index (χ0v) is 14.1. The predicted molar refractivity (Wildman–Crippen MR) is 88.8 cm³/mol. The minimum absolute atomic E-state index is 0.137. The Bertz CT molecular complexity index is 788. The van der Waals surface area contributed by atoms with Gasteiger partial charge < -0.3 is 14.7 Å².